The number of carbonyl (C=O) groups excluding carboxylic acids is 1. The number of thioether (sulfide) groups is 1. The molecule has 5 nitrogen and oxygen atoms in total. The number of carbonyl (C=O) groups is 1. The van der Waals surface area contributed by atoms with Crippen LogP contribution in [0.2, 0.25) is 5.02 Å². The molecule has 0 fully saturated rings. The Hall–Kier alpha value is -2.61. The van der Waals surface area contributed by atoms with Crippen LogP contribution >= 0.6 is 34.7 Å². The highest BCUT2D eigenvalue weighted by Crippen LogP contribution is 2.34. The van der Waals surface area contributed by atoms with Gasteiger partial charge >= 0.3 is 0 Å². The van der Waals surface area contributed by atoms with Gasteiger partial charge in [0.05, 0.1) is 17.7 Å². The number of aromatic nitrogens is 2. The van der Waals surface area contributed by atoms with E-state index >= 15 is 0 Å². The zero-order valence-corrected chi connectivity index (χ0v) is 20.2. The molecule has 2 heterocycles. The van der Waals surface area contributed by atoms with Gasteiger partial charge in [0.25, 0.3) is 5.56 Å². The van der Waals surface area contributed by atoms with Gasteiger partial charge in [0.2, 0.25) is 5.91 Å². The molecule has 0 aliphatic heterocycles. The van der Waals surface area contributed by atoms with E-state index in [1.54, 1.807) is 40.2 Å². The van der Waals surface area contributed by atoms with Crippen LogP contribution in [0.25, 0.3) is 10.2 Å². The maximum Gasteiger partial charge on any atom is 0.263 e. The summed E-state index contributed by atoms with van der Waals surface area (Å²) >= 11 is 8.84. The van der Waals surface area contributed by atoms with Crippen LogP contribution in [0.1, 0.15) is 28.8 Å². The maximum absolute atomic E-state index is 13.7. The van der Waals surface area contributed by atoms with Crippen molar-refractivity contribution in [2.75, 3.05) is 11.1 Å². The number of benzene rings is 2. The average Bonchev–Trinajstić information content (AvgIpc) is 3.20. The lowest BCUT2D eigenvalue weighted by atomic mass is 9.97. The van der Waals surface area contributed by atoms with Gasteiger partial charge in [0, 0.05) is 15.6 Å². The van der Waals surface area contributed by atoms with E-state index in [4.69, 9.17) is 16.6 Å². The SMILES string of the molecule is O=C(CSc1nc2sc3c(c2c(=O)n1Cc1ccccc1)CCCC3)Nc1ccc(Cl)cc1. The van der Waals surface area contributed by atoms with E-state index in [2.05, 4.69) is 5.32 Å². The Balaban J connectivity index is 1.46. The third-order valence-electron chi connectivity index (χ3n) is 5.68. The number of thiophene rings is 1. The fourth-order valence-electron chi connectivity index (χ4n) is 4.10. The molecule has 1 aliphatic rings. The predicted octanol–water partition coefficient (Wildman–Crippen LogP) is 5.77. The Morgan fingerprint density at radius 1 is 1.09 bits per heavy atom. The Kier molecular flexibility index (Phi) is 6.53. The maximum atomic E-state index is 13.7. The van der Waals surface area contributed by atoms with E-state index in [-0.39, 0.29) is 17.2 Å². The van der Waals surface area contributed by atoms with Crippen molar-refractivity contribution in [3.63, 3.8) is 0 Å². The van der Waals surface area contributed by atoms with Crippen molar-refractivity contribution in [2.45, 2.75) is 37.4 Å². The summed E-state index contributed by atoms with van der Waals surface area (Å²) in [5.74, 6) is -0.00566. The number of aryl methyl sites for hydroxylation is 2. The lowest BCUT2D eigenvalue weighted by Gasteiger charge is -2.14. The van der Waals surface area contributed by atoms with Crippen molar-refractivity contribution in [1.29, 1.82) is 0 Å². The van der Waals surface area contributed by atoms with Gasteiger partial charge in [-0.25, -0.2) is 4.98 Å². The second-order valence-electron chi connectivity index (χ2n) is 8.01. The van der Waals surface area contributed by atoms with Gasteiger partial charge < -0.3 is 5.32 Å². The van der Waals surface area contributed by atoms with Crippen LogP contribution < -0.4 is 10.9 Å². The number of fused-ring (bicyclic) bond motifs is 3. The minimum absolute atomic E-state index is 0.0103. The number of rotatable bonds is 6. The highest BCUT2D eigenvalue weighted by molar-refractivity contribution is 7.99. The molecule has 33 heavy (non-hydrogen) atoms. The minimum atomic E-state index is -0.159. The van der Waals surface area contributed by atoms with Crippen molar-refractivity contribution < 1.29 is 4.79 Å². The van der Waals surface area contributed by atoms with Crippen LogP contribution in [0.15, 0.2) is 64.5 Å². The molecule has 0 saturated heterocycles. The Labute approximate surface area is 204 Å². The first kappa shape index (κ1) is 22.2. The molecule has 1 N–H and O–H groups in total. The Bertz CT molecular complexity index is 1360. The highest BCUT2D eigenvalue weighted by atomic mass is 35.5. The van der Waals surface area contributed by atoms with Gasteiger partial charge in [-0.15, -0.1) is 11.3 Å². The molecule has 1 aliphatic carbocycles. The van der Waals surface area contributed by atoms with E-state index in [0.29, 0.717) is 22.4 Å². The van der Waals surface area contributed by atoms with Crippen LogP contribution in [0.5, 0.6) is 0 Å². The van der Waals surface area contributed by atoms with Crippen LogP contribution in [0.4, 0.5) is 5.69 Å². The summed E-state index contributed by atoms with van der Waals surface area (Å²) in [4.78, 5) is 33.2. The molecule has 8 heteroatoms. The lowest BCUT2D eigenvalue weighted by Crippen LogP contribution is -2.25. The summed E-state index contributed by atoms with van der Waals surface area (Å²) in [5, 5.41) is 4.82. The quantitative estimate of drug-likeness (QED) is 0.272. The number of hydrogen-bond acceptors (Lipinski definition) is 5. The average molecular weight is 496 g/mol. The van der Waals surface area contributed by atoms with Crippen molar-refractivity contribution in [3.8, 4) is 0 Å². The largest absolute Gasteiger partial charge is 0.325 e. The normalized spacial score (nSPS) is 13.1. The van der Waals surface area contributed by atoms with Gasteiger partial charge in [0.1, 0.15) is 4.83 Å². The third-order valence-corrected chi connectivity index (χ3v) is 8.10. The molecule has 2 aromatic heterocycles. The molecule has 0 spiro atoms. The number of nitrogens with zero attached hydrogens (tertiary/aromatic N) is 2. The van der Waals surface area contributed by atoms with Crippen LogP contribution in [0.3, 0.4) is 0 Å². The molecule has 168 valence electrons. The number of amides is 1. The summed E-state index contributed by atoms with van der Waals surface area (Å²) in [5.41, 5.74) is 2.87. The third kappa shape index (κ3) is 4.86. The second-order valence-corrected chi connectivity index (χ2v) is 10.5. The first-order valence-corrected chi connectivity index (χ1v) is 13.0. The van der Waals surface area contributed by atoms with Gasteiger partial charge in [-0.1, -0.05) is 53.7 Å². The summed E-state index contributed by atoms with van der Waals surface area (Å²) in [6.45, 7) is 0.425. The molecule has 0 unspecified atom stereocenters. The van der Waals surface area contributed by atoms with Crippen LogP contribution in [0, 0.1) is 0 Å². The molecule has 0 radical (unpaired) electrons. The first-order chi connectivity index (χ1) is 16.1. The molecule has 4 aromatic rings. The fourth-order valence-corrected chi connectivity index (χ4v) is 6.32. The molecule has 0 atom stereocenters. The highest BCUT2D eigenvalue weighted by Gasteiger charge is 2.22. The van der Waals surface area contributed by atoms with Crippen LogP contribution in [-0.2, 0) is 24.2 Å². The van der Waals surface area contributed by atoms with E-state index in [9.17, 15) is 9.59 Å². The molecule has 2 aromatic carbocycles. The van der Waals surface area contributed by atoms with Crippen molar-refractivity contribution in [1.82, 2.24) is 9.55 Å². The molecular weight excluding hydrogens is 474 g/mol. The second kappa shape index (κ2) is 9.71. The van der Waals surface area contributed by atoms with Gasteiger partial charge in [-0.05, 0) is 61.1 Å². The summed E-state index contributed by atoms with van der Waals surface area (Å²) < 4.78 is 1.72. The van der Waals surface area contributed by atoms with Gasteiger partial charge in [-0.3, -0.25) is 14.2 Å². The topological polar surface area (TPSA) is 64.0 Å². The summed E-state index contributed by atoms with van der Waals surface area (Å²) in [6, 6.07) is 16.9. The Morgan fingerprint density at radius 2 is 1.85 bits per heavy atom. The zero-order valence-electron chi connectivity index (χ0n) is 17.8. The summed E-state index contributed by atoms with van der Waals surface area (Å²) in [6.07, 6.45) is 4.22. The molecular formula is C25H22ClN3O2S2. The van der Waals surface area contributed by atoms with E-state index < -0.39 is 0 Å². The van der Waals surface area contributed by atoms with Crippen molar-refractivity contribution >= 4 is 56.5 Å². The standard InChI is InChI=1S/C25H22ClN3O2S2/c26-17-10-12-18(13-11-17)27-21(30)15-32-25-28-23-22(19-8-4-5-9-20(19)33-23)24(31)29(25)14-16-6-2-1-3-7-16/h1-3,6-7,10-13H,4-5,8-9,14-15H2,(H,27,30). The van der Waals surface area contributed by atoms with Crippen molar-refractivity contribution in [3.05, 3.63) is 86.0 Å². The minimum Gasteiger partial charge on any atom is -0.325 e. The fraction of sp³-hybridized carbons (Fsp3) is 0.240. The number of anilines is 1. The van der Waals surface area contributed by atoms with Gasteiger partial charge in [0.15, 0.2) is 5.16 Å². The molecule has 1 amide bonds. The lowest BCUT2D eigenvalue weighted by molar-refractivity contribution is -0.113. The molecule has 5 rings (SSSR count). The van der Waals surface area contributed by atoms with Gasteiger partial charge in [-0.2, -0.15) is 0 Å². The zero-order chi connectivity index (χ0) is 22.8. The number of hydrogen-bond donors (Lipinski definition) is 1. The summed E-state index contributed by atoms with van der Waals surface area (Å²) in [7, 11) is 0. The molecule has 0 saturated carbocycles. The predicted molar refractivity (Wildman–Crippen MR) is 137 cm³/mol. The monoisotopic (exact) mass is 495 g/mol. The van der Waals surface area contributed by atoms with Crippen molar-refractivity contribution in [2.24, 2.45) is 0 Å². The van der Waals surface area contributed by atoms with Crippen LogP contribution in [-0.4, -0.2) is 21.2 Å². The number of halogens is 1. The smallest absolute Gasteiger partial charge is 0.263 e. The Morgan fingerprint density at radius 3 is 2.64 bits per heavy atom. The van der Waals surface area contributed by atoms with E-state index in [1.165, 1.54) is 22.2 Å². The molecule has 0 bridgehead atoms. The van der Waals surface area contributed by atoms with E-state index in [0.717, 1.165) is 41.5 Å². The first-order valence-electron chi connectivity index (χ1n) is 10.9. The number of nitrogens with one attached hydrogen (secondary N) is 1. The van der Waals surface area contributed by atoms with E-state index in [1.807, 2.05) is 30.3 Å².